The first kappa shape index (κ1) is 23.8. The molecule has 1 saturated carbocycles. The highest BCUT2D eigenvalue weighted by Gasteiger charge is 2.34. The van der Waals surface area contributed by atoms with Crippen LogP contribution in [0.3, 0.4) is 0 Å². The molecule has 0 unspecified atom stereocenters. The Morgan fingerprint density at radius 1 is 1.03 bits per heavy atom. The van der Waals surface area contributed by atoms with E-state index in [-0.39, 0.29) is 23.6 Å². The van der Waals surface area contributed by atoms with Gasteiger partial charge in [0.05, 0.1) is 6.26 Å². The predicted molar refractivity (Wildman–Crippen MR) is 134 cm³/mol. The highest BCUT2D eigenvalue weighted by molar-refractivity contribution is 5.96. The van der Waals surface area contributed by atoms with Gasteiger partial charge in [0.2, 0.25) is 5.91 Å². The number of nitrogens with zero attached hydrogens (tertiary/aromatic N) is 1. The Morgan fingerprint density at radius 2 is 1.76 bits per heavy atom. The van der Waals surface area contributed by atoms with Gasteiger partial charge in [-0.05, 0) is 67.0 Å². The number of nitrogens with one attached hydrogen (secondary N) is 1. The fourth-order valence-electron chi connectivity index (χ4n) is 4.78. The van der Waals surface area contributed by atoms with Crippen LogP contribution in [0.5, 0.6) is 0 Å². The Balaban J connectivity index is 1.69. The lowest BCUT2D eigenvalue weighted by atomic mass is 9.99. The molecule has 2 aromatic carbocycles. The maximum atomic E-state index is 13.7. The Kier molecular flexibility index (Phi) is 7.84. The number of furan rings is 1. The van der Waals surface area contributed by atoms with Gasteiger partial charge in [-0.1, -0.05) is 68.3 Å². The Hall–Kier alpha value is -3.34. The van der Waals surface area contributed by atoms with Crippen molar-refractivity contribution in [3.05, 3.63) is 94.9 Å². The summed E-state index contributed by atoms with van der Waals surface area (Å²) in [5.41, 5.74) is 4.35. The molecule has 0 radical (unpaired) electrons. The van der Waals surface area contributed by atoms with Gasteiger partial charge in [0.15, 0.2) is 5.76 Å². The molecule has 5 nitrogen and oxygen atoms in total. The van der Waals surface area contributed by atoms with Gasteiger partial charge >= 0.3 is 0 Å². The molecule has 178 valence electrons. The molecule has 0 bridgehead atoms. The third-order valence-electron chi connectivity index (χ3n) is 6.84. The molecule has 5 heteroatoms. The largest absolute Gasteiger partial charge is 0.459 e. The monoisotopic (exact) mass is 458 g/mol. The maximum Gasteiger partial charge on any atom is 0.290 e. The number of carbonyl (C=O) groups is 2. The predicted octanol–water partition coefficient (Wildman–Crippen LogP) is 5.64. The molecule has 0 saturated heterocycles. The van der Waals surface area contributed by atoms with Crippen molar-refractivity contribution in [3.8, 4) is 0 Å². The molecule has 1 aromatic heterocycles. The highest BCUT2D eigenvalue weighted by Crippen LogP contribution is 2.27. The summed E-state index contributed by atoms with van der Waals surface area (Å²) in [7, 11) is 0. The molecule has 0 spiro atoms. The first-order chi connectivity index (χ1) is 16.6. The Morgan fingerprint density at radius 3 is 2.41 bits per heavy atom. The van der Waals surface area contributed by atoms with Gasteiger partial charge in [0.1, 0.15) is 6.04 Å². The zero-order valence-corrected chi connectivity index (χ0v) is 20.1. The van der Waals surface area contributed by atoms with Crippen molar-refractivity contribution < 1.29 is 14.0 Å². The smallest absolute Gasteiger partial charge is 0.290 e. The van der Waals surface area contributed by atoms with Crippen LogP contribution in [0.25, 0.3) is 0 Å². The number of hydrogen-bond acceptors (Lipinski definition) is 3. The highest BCUT2D eigenvalue weighted by atomic mass is 16.3. The van der Waals surface area contributed by atoms with Crippen LogP contribution < -0.4 is 5.32 Å². The van der Waals surface area contributed by atoms with Crippen LogP contribution in [-0.4, -0.2) is 29.3 Å². The summed E-state index contributed by atoms with van der Waals surface area (Å²) in [6, 6.07) is 19.0. The Bertz CT molecular complexity index is 1080. The van der Waals surface area contributed by atoms with E-state index in [9.17, 15) is 9.59 Å². The fourth-order valence-corrected chi connectivity index (χ4v) is 4.78. The van der Waals surface area contributed by atoms with Crippen LogP contribution >= 0.6 is 0 Å². The molecule has 1 aliphatic carbocycles. The second kappa shape index (κ2) is 11.2. The van der Waals surface area contributed by atoms with Gasteiger partial charge in [-0.25, -0.2) is 0 Å². The van der Waals surface area contributed by atoms with Crippen molar-refractivity contribution in [2.45, 2.75) is 64.5 Å². The standard InChI is InChI=1S/C29H34N2O3/c1-3-22-14-16-24(17-15-22)27(28(32)30-25-11-6-7-12-25)31(29(33)26-13-8-20-34-26)19-18-23-10-5-4-9-21(23)2/h4-5,8-10,13-17,20,25,27H,3,6-7,11-12,18-19H2,1-2H3,(H,30,32)/t27-/m0/s1. The molecule has 34 heavy (non-hydrogen) atoms. The summed E-state index contributed by atoms with van der Waals surface area (Å²) in [5.74, 6) is -0.154. The summed E-state index contributed by atoms with van der Waals surface area (Å²) in [6.45, 7) is 4.58. The third-order valence-corrected chi connectivity index (χ3v) is 6.84. The average Bonchev–Trinajstić information content (AvgIpc) is 3.57. The van der Waals surface area contributed by atoms with Crippen molar-refractivity contribution in [1.29, 1.82) is 0 Å². The lowest BCUT2D eigenvalue weighted by molar-refractivity contribution is -0.126. The normalized spacial score (nSPS) is 14.6. The number of hydrogen-bond donors (Lipinski definition) is 1. The number of carbonyl (C=O) groups excluding carboxylic acids is 2. The van der Waals surface area contributed by atoms with Crippen LogP contribution in [0, 0.1) is 6.92 Å². The van der Waals surface area contributed by atoms with Crippen molar-refractivity contribution in [3.63, 3.8) is 0 Å². The van der Waals surface area contributed by atoms with Crippen LogP contribution in [-0.2, 0) is 17.6 Å². The topological polar surface area (TPSA) is 62.6 Å². The van der Waals surface area contributed by atoms with Crippen LogP contribution in [0.15, 0.2) is 71.3 Å². The van der Waals surface area contributed by atoms with Crippen LogP contribution in [0.4, 0.5) is 0 Å². The number of amides is 2. The van der Waals surface area contributed by atoms with E-state index in [1.54, 1.807) is 17.0 Å². The maximum absolute atomic E-state index is 13.7. The van der Waals surface area contributed by atoms with Gasteiger partial charge in [0.25, 0.3) is 5.91 Å². The second-order valence-electron chi connectivity index (χ2n) is 9.14. The molecule has 0 aliphatic heterocycles. The van der Waals surface area contributed by atoms with Gasteiger partial charge in [-0.2, -0.15) is 0 Å². The minimum absolute atomic E-state index is 0.124. The van der Waals surface area contributed by atoms with E-state index in [1.165, 1.54) is 17.4 Å². The van der Waals surface area contributed by atoms with E-state index in [2.05, 4.69) is 31.3 Å². The molecular formula is C29H34N2O3. The molecule has 2 amide bonds. The van der Waals surface area contributed by atoms with Crippen molar-refractivity contribution >= 4 is 11.8 Å². The third kappa shape index (κ3) is 5.58. The molecular weight excluding hydrogens is 424 g/mol. The average molecular weight is 459 g/mol. The first-order valence-electron chi connectivity index (χ1n) is 12.3. The Labute approximate surface area is 202 Å². The van der Waals surface area contributed by atoms with Gasteiger partial charge in [-0.15, -0.1) is 0 Å². The molecule has 1 aliphatic rings. The number of rotatable bonds is 9. The van der Waals surface area contributed by atoms with Crippen LogP contribution in [0.2, 0.25) is 0 Å². The second-order valence-corrected chi connectivity index (χ2v) is 9.14. The van der Waals surface area contributed by atoms with E-state index in [0.717, 1.165) is 43.2 Å². The summed E-state index contributed by atoms with van der Waals surface area (Å²) < 4.78 is 5.46. The minimum atomic E-state index is -0.729. The van der Waals surface area contributed by atoms with E-state index >= 15 is 0 Å². The molecule has 1 N–H and O–H groups in total. The lowest BCUT2D eigenvalue weighted by Gasteiger charge is -2.32. The molecule has 1 atom stereocenters. The number of benzene rings is 2. The van der Waals surface area contributed by atoms with Crippen molar-refractivity contribution in [2.75, 3.05) is 6.54 Å². The van der Waals surface area contributed by atoms with Gasteiger partial charge < -0.3 is 14.6 Å². The summed E-state index contributed by atoms with van der Waals surface area (Å²) in [4.78, 5) is 29.0. The van der Waals surface area contributed by atoms with Crippen molar-refractivity contribution in [2.24, 2.45) is 0 Å². The summed E-state index contributed by atoms with van der Waals surface area (Å²) in [5, 5.41) is 3.23. The molecule has 4 rings (SSSR count). The van der Waals surface area contributed by atoms with E-state index < -0.39 is 6.04 Å². The fraction of sp³-hybridized carbons (Fsp3) is 0.379. The van der Waals surface area contributed by atoms with E-state index in [0.29, 0.717) is 13.0 Å². The zero-order chi connectivity index (χ0) is 23.9. The molecule has 3 aromatic rings. The molecule has 1 fully saturated rings. The van der Waals surface area contributed by atoms with Gasteiger partial charge in [0, 0.05) is 12.6 Å². The molecule has 1 heterocycles. The van der Waals surface area contributed by atoms with E-state index in [4.69, 9.17) is 4.42 Å². The summed E-state index contributed by atoms with van der Waals surface area (Å²) in [6.07, 6.45) is 7.30. The van der Waals surface area contributed by atoms with Gasteiger partial charge in [-0.3, -0.25) is 9.59 Å². The zero-order valence-electron chi connectivity index (χ0n) is 20.1. The van der Waals surface area contributed by atoms with E-state index in [1.807, 2.05) is 36.4 Å². The quantitative estimate of drug-likeness (QED) is 0.452. The lowest BCUT2D eigenvalue weighted by Crippen LogP contribution is -2.46. The first-order valence-corrected chi connectivity index (χ1v) is 12.3. The number of aryl methyl sites for hydroxylation is 2. The van der Waals surface area contributed by atoms with Crippen molar-refractivity contribution in [1.82, 2.24) is 10.2 Å². The summed E-state index contributed by atoms with van der Waals surface area (Å²) >= 11 is 0. The van der Waals surface area contributed by atoms with Crippen LogP contribution in [0.1, 0.15) is 71.5 Å². The minimum Gasteiger partial charge on any atom is -0.459 e. The SMILES string of the molecule is CCc1ccc([C@@H](C(=O)NC2CCCC2)N(CCc2ccccc2C)C(=O)c2ccco2)cc1.